The molecule has 0 aliphatic heterocycles. The first kappa shape index (κ1) is 14.6. The lowest BCUT2D eigenvalue weighted by Crippen LogP contribution is -2.18. The number of hydrogen-bond donors (Lipinski definition) is 1. The van der Waals surface area contributed by atoms with Gasteiger partial charge in [0.05, 0.1) is 11.1 Å². The topological polar surface area (TPSA) is 25.2 Å². The summed E-state index contributed by atoms with van der Waals surface area (Å²) in [5.74, 6) is 0.867. The van der Waals surface area contributed by atoms with Crippen LogP contribution in [0.5, 0.6) is 0 Å². The van der Waals surface area contributed by atoms with Crippen molar-refractivity contribution in [2.45, 2.75) is 13.0 Å². The van der Waals surface area contributed by atoms with Gasteiger partial charge in [-0.05, 0) is 49.4 Å². The van der Waals surface area contributed by atoms with Crippen molar-refractivity contribution < 1.29 is 4.42 Å². The van der Waals surface area contributed by atoms with Crippen LogP contribution < -0.4 is 5.32 Å². The standard InChI is InChI=1S/C17H15BrClNO/c1-10-8-12(18)6-7-13(10)16(20-2)15-9-11-4-3-5-14(19)17(11)21-15/h3-9,16,20H,1-2H3. The Hall–Kier alpha value is -1.29. The molecule has 21 heavy (non-hydrogen) atoms. The fourth-order valence-electron chi connectivity index (χ4n) is 2.60. The second-order valence-corrected chi connectivity index (χ2v) is 6.35. The van der Waals surface area contributed by atoms with Crippen molar-refractivity contribution in [3.63, 3.8) is 0 Å². The lowest BCUT2D eigenvalue weighted by molar-refractivity contribution is 0.490. The molecule has 4 heteroatoms. The number of hydrogen-bond acceptors (Lipinski definition) is 2. The van der Waals surface area contributed by atoms with E-state index >= 15 is 0 Å². The lowest BCUT2D eigenvalue weighted by Gasteiger charge is -2.16. The molecule has 3 rings (SSSR count). The zero-order valence-corrected chi connectivity index (χ0v) is 14.1. The van der Waals surface area contributed by atoms with Crippen LogP contribution in [0, 0.1) is 6.92 Å². The first-order valence-electron chi connectivity index (χ1n) is 6.71. The molecule has 0 fully saturated rings. The Bertz CT molecular complexity index is 797. The molecule has 0 spiro atoms. The van der Waals surface area contributed by atoms with E-state index in [1.165, 1.54) is 11.1 Å². The Kier molecular flexibility index (Phi) is 4.07. The van der Waals surface area contributed by atoms with Crippen molar-refractivity contribution in [2.75, 3.05) is 7.05 Å². The Morgan fingerprint density at radius 2 is 2.00 bits per heavy atom. The average Bonchev–Trinajstić information content (AvgIpc) is 2.87. The summed E-state index contributed by atoms with van der Waals surface area (Å²) in [6.07, 6.45) is 0. The number of fused-ring (bicyclic) bond motifs is 1. The summed E-state index contributed by atoms with van der Waals surface area (Å²) >= 11 is 9.70. The number of rotatable bonds is 3. The third kappa shape index (κ3) is 2.73. The maximum absolute atomic E-state index is 6.20. The minimum absolute atomic E-state index is 0.00145. The van der Waals surface area contributed by atoms with Crippen LogP contribution in [0.1, 0.15) is 22.9 Å². The van der Waals surface area contributed by atoms with Crippen LogP contribution in [0.2, 0.25) is 5.02 Å². The lowest BCUT2D eigenvalue weighted by atomic mass is 9.99. The third-order valence-corrected chi connectivity index (χ3v) is 4.42. The minimum atomic E-state index is 0.00145. The van der Waals surface area contributed by atoms with E-state index in [0.29, 0.717) is 5.02 Å². The van der Waals surface area contributed by atoms with Gasteiger partial charge in [0.2, 0.25) is 0 Å². The fraction of sp³-hybridized carbons (Fsp3) is 0.176. The van der Waals surface area contributed by atoms with Crippen LogP contribution in [0.3, 0.4) is 0 Å². The molecule has 0 aliphatic rings. The zero-order valence-electron chi connectivity index (χ0n) is 11.8. The predicted molar refractivity (Wildman–Crippen MR) is 91.0 cm³/mol. The first-order valence-corrected chi connectivity index (χ1v) is 7.88. The van der Waals surface area contributed by atoms with Crippen molar-refractivity contribution in [1.29, 1.82) is 0 Å². The quantitative estimate of drug-likeness (QED) is 0.667. The van der Waals surface area contributed by atoms with Crippen molar-refractivity contribution in [3.8, 4) is 0 Å². The van der Waals surface area contributed by atoms with Gasteiger partial charge in [-0.3, -0.25) is 0 Å². The van der Waals surface area contributed by atoms with Crippen LogP contribution in [-0.4, -0.2) is 7.05 Å². The van der Waals surface area contributed by atoms with Crippen LogP contribution in [0.15, 0.2) is 51.4 Å². The maximum Gasteiger partial charge on any atom is 0.152 e. The second-order valence-electron chi connectivity index (χ2n) is 5.03. The summed E-state index contributed by atoms with van der Waals surface area (Å²) in [4.78, 5) is 0. The summed E-state index contributed by atoms with van der Waals surface area (Å²) in [5, 5.41) is 4.98. The van der Waals surface area contributed by atoms with Crippen LogP contribution in [-0.2, 0) is 0 Å². The van der Waals surface area contributed by atoms with E-state index in [0.717, 1.165) is 21.2 Å². The van der Waals surface area contributed by atoms with Gasteiger partial charge in [-0.15, -0.1) is 0 Å². The van der Waals surface area contributed by atoms with Crippen molar-refractivity contribution >= 4 is 38.5 Å². The molecule has 0 bridgehead atoms. The van der Waals surface area contributed by atoms with E-state index < -0.39 is 0 Å². The highest BCUT2D eigenvalue weighted by Gasteiger charge is 2.19. The second kappa shape index (κ2) is 5.84. The van der Waals surface area contributed by atoms with Gasteiger partial charge < -0.3 is 9.73 Å². The summed E-state index contributed by atoms with van der Waals surface area (Å²) in [6, 6.07) is 14.1. The molecule has 1 N–H and O–H groups in total. The van der Waals surface area contributed by atoms with Gasteiger partial charge >= 0.3 is 0 Å². The highest BCUT2D eigenvalue weighted by atomic mass is 79.9. The minimum Gasteiger partial charge on any atom is -0.457 e. The largest absolute Gasteiger partial charge is 0.457 e. The van der Waals surface area contributed by atoms with E-state index in [1.807, 2.05) is 37.4 Å². The highest BCUT2D eigenvalue weighted by Crippen LogP contribution is 2.33. The van der Waals surface area contributed by atoms with E-state index in [4.69, 9.17) is 16.0 Å². The Morgan fingerprint density at radius 3 is 2.67 bits per heavy atom. The van der Waals surface area contributed by atoms with E-state index in [1.54, 1.807) is 0 Å². The van der Waals surface area contributed by atoms with Crippen LogP contribution in [0.25, 0.3) is 11.0 Å². The van der Waals surface area contributed by atoms with Gasteiger partial charge in [-0.1, -0.05) is 45.7 Å². The van der Waals surface area contributed by atoms with E-state index in [9.17, 15) is 0 Å². The van der Waals surface area contributed by atoms with E-state index in [2.05, 4.69) is 40.3 Å². The average molecular weight is 365 g/mol. The maximum atomic E-state index is 6.20. The predicted octanol–water partition coefficient (Wildman–Crippen LogP) is 5.47. The molecule has 2 aromatic carbocycles. The summed E-state index contributed by atoms with van der Waals surface area (Å²) < 4.78 is 7.06. The van der Waals surface area contributed by atoms with Crippen molar-refractivity contribution in [1.82, 2.24) is 5.32 Å². The molecule has 0 aliphatic carbocycles. The number of aryl methyl sites for hydroxylation is 1. The van der Waals surface area contributed by atoms with Crippen LogP contribution in [0.4, 0.5) is 0 Å². The summed E-state index contributed by atoms with van der Waals surface area (Å²) in [6.45, 7) is 2.10. The molecule has 0 saturated carbocycles. The molecule has 1 unspecified atom stereocenters. The third-order valence-electron chi connectivity index (χ3n) is 3.63. The number of halogens is 2. The van der Waals surface area contributed by atoms with Crippen molar-refractivity contribution in [2.24, 2.45) is 0 Å². The molecule has 2 nitrogen and oxygen atoms in total. The fourth-order valence-corrected chi connectivity index (χ4v) is 3.30. The van der Waals surface area contributed by atoms with Gasteiger partial charge in [0, 0.05) is 9.86 Å². The molecule has 0 saturated heterocycles. The molecular formula is C17H15BrClNO. The van der Waals surface area contributed by atoms with Crippen molar-refractivity contribution in [3.05, 3.63) is 68.8 Å². The van der Waals surface area contributed by atoms with E-state index in [-0.39, 0.29) is 6.04 Å². The van der Waals surface area contributed by atoms with Gasteiger partial charge in [0.15, 0.2) is 5.58 Å². The normalized spacial score (nSPS) is 12.8. The van der Waals surface area contributed by atoms with Gasteiger partial charge in [-0.2, -0.15) is 0 Å². The molecule has 1 heterocycles. The van der Waals surface area contributed by atoms with Gasteiger partial charge in [-0.25, -0.2) is 0 Å². The first-order chi connectivity index (χ1) is 10.1. The highest BCUT2D eigenvalue weighted by molar-refractivity contribution is 9.10. The monoisotopic (exact) mass is 363 g/mol. The molecular weight excluding hydrogens is 350 g/mol. The Morgan fingerprint density at radius 1 is 1.19 bits per heavy atom. The molecule has 1 atom stereocenters. The molecule has 3 aromatic rings. The number of nitrogens with one attached hydrogen (secondary N) is 1. The Balaban J connectivity index is 2.11. The van der Waals surface area contributed by atoms with Crippen LogP contribution >= 0.6 is 27.5 Å². The number of furan rings is 1. The smallest absolute Gasteiger partial charge is 0.152 e. The summed E-state index contributed by atoms with van der Waals surface area (Å²) in [5.41, 5.74) is 3.13. The summed E-state index contributed by atoms with van der Waals surface area (Å²) in [7, 11) is 1.93. The zero-order chi connectivity index (χ0) is 15.0. The Labute approximate surface area is 137 Å². The van der Waals surface area contributed by atoms with Gasteiger partial charge in [0.1, 0.15) is 5.76 Å². The molecule has 0 radical (unpaired) electrons. The number of para-hydroxylation sites is 1. The number of benzene rings is 2. The van der Waals surface area contributed by atoms with Gasteiger partial charge in [0.25, 0.3) is 0 Å². The molecule has 108 valence electrons. The molecule has 0 amide bonds. The molecule has 1 aromatic heterocycles. The SMILES string of the molecule is CNC(c1cc2cccc(Cl)c2o1)c1ccc(Br)cc1C.